The van der Waals surface area contributed by atoms with Gasteiger partial charge >= 0.3 is 0 Å². The van der Waals surface area contributed by atoms with Gasteiger partial charge in [0.25, 0.3) is 0 Å². The van der Waals surface area contributed by atoms with Crippen LogP contribution in [-0.2, 0) is 0 Å². The summed E-state index contributed by atoms with van der Waals surface area (Å²) in [5.41, 5.74) is 0.408. The van der Waals surface area contributed by atoms with Crippen molar-refractivity contribution in [2.75, 3.05) is 33.7 Å². The SMILES string of the molecule is CN(C)C1CCN(CCC(O)c2ccccc2F)C1. The summed E-state index contributed by atoms with van der Waals surface area (Å²) < 4.78 is 13.5. The summed E-state index contributed by atoms with van der Waals surface area (Å²) in [6.45, 7) is 2.92. The second-order valence-corrected chi connectivity index (χ2v) is 5.53. The Bertz CT molecular complexity index is 411. The van der Waals surface area contributed by atoms with E-state index in [1.807, 2.05) is 0 Å². The summed E-state index contributed by atoms with van der Waals surface area (Å²) in [7, 11) is 4.20. The van der Waals surface area contributed by atoms with Crippen molar-refractivity contribution in [2.45, 2.75) is 25.0 Å². The highest BCUT2D eigenvalue weighted by atomic mass is 19.1. The Morgan fingerprint density at radius 3 is 2.79 bits per heavy atom. The fourth-order valence-electron chi connectivity index (χ4n) is 2.64. The standard InChI is InChI=1S/C15H23FN2O/c1-17(2)12-7-9-18(11-12)10-8-15(19)13-5-3-4-6-14(13)16/h3-6,12,15,19H,7-11H2,1-2H3. The fraction of sp³-hybridized carbons (Fsp3) is 0.600. The van der Waals surface area contributed by atoms with Crippen molar-refractivity contribution < 1.29 is 9.50 Å². The summed E-state index contributed by atoms with van der Waals surface area (Å²) in [6.07, 6.45) is 1.05. The van der Waals surface area contributed by atoms with Crippen LogP contribution in [0.1, 0.15) is 24.5 Å². The molecule has 1 aliphatic heterocycles. The predicted octanol–water partition coefficient (Wildman–Crippen LogP) is 1.89. The maximum atomic E-state index is 13.5. The highest BCUT2D eigenvalue weighted by Gasteiger charge is 2.24. The first-order valence-corrected chi connectivity index (χ1v) is 6.89. The smallest absolute Gasteiger partial charge is 0.128 e. The van der Waals surface area contributed by atoms with E-state index in [9.17, 15) is 9.50 Å². The molecule has 106 valence electrons. The van der Waals surface area contributed by atoms with Crippen LogP contribution in [0.3, 0.4) is 0 Å². The van der Waals surface area contributed by atoms with E-state index >= 15 is 0 Å². The highest BCUT2D eigenvalue weighted by Crippen LogP contribution is 2.21. The summed E-state index contributed by atoms with van der Waals surface area (Å²) in [6, 6.07) is 7.07. The summed E-state index contributed by atoms with van der Waals surface area (Å²) in [4.78, 5) is 4.59. The molecular weight excluding hydrogens is 243 g/mol. The average molecular weight is 266 g/mol. The van der Waals surface area contributed by atoms with Crippen molar-refractivity contribution in [2.24, 2.45) is 0 Å². The van der Waals surface area contributed by atoms with Gasteiger partial charge in [-0.2, -0.15) is 0 Å². The number of hydrogen-bond donors (Lipinski definition) is 1. The van der Waals surface area contributed by atoms with Crippen LogP contribution < -0.4 is 0 Å². The summed E-state index contributed by atoms with van der Waals surface area (Å²) >= 11 is 0. The zero-order valence-electron chi connectivity index (χ0n) is 11.7. The number of halogens is 1. The third-order valence-corrected chi connectivity index (χ3v) is 3.96. The van der Waals surface area contributed by atoms with Gasteiger partial charge in [-0.15, -0.1) is 0 Å². The van der Waals surface area contributed by atoms with E-state index in [1.54, 1.807) is 18.2 Å². The van der Waals surface area contributed by atoms with E-state index in [4.69, 9.17) is 0 Å². The molecule has 0 spiro atoms. The van der Waals surface area contributed by atoms with Crippen molar-refractivity contribution in [1.82, 2.24) is 9.80 Å². The van der Waals surface area contributed by atoms with Gasteiger partial charge in [0.1, 0.15) is 5.82 Å². The van der Waals surface area contributed by atoms with Gasteiger partial charge in [0.05, 0.1) is 6.10 Å². The maximum absolute atomic E-state index is 13.5. The number of nitrogens with zero attached hydrogens (tertiary/aromatic N) is 2. The first kappa shape index (κ1) is 14.4. The first-order chi connectivity index (χ1) is 9.08. The van der Waals surface area contributed by atoms with E-state index in [-0.39, 0.29) is 5.82 Å². The molecule has 1 aliphatic rings. The summed E-state index contributed by atoms with van der Waals surface area (Å²) in [5.74, 6) is -0.317. The molecule has 4 heteroatoms. The van der Waals surface area contributed by atoms with Crippen LogP contribution in [-0.4, -0.2) is 54.7 Å². The minimum Gasteiger partial charge on any atom is -0.388 e. The number of likely N-dealkylation sites (tertiary alicyclic amines) is 1. The van der Waals surface area contributed by atoms with E-state index in [1.165, 1.54) is 12.5 Å². The van der Waals surface area contributed by atoms with Gasteiger partial charge in [0, 0.05) is 24.7 Å². The second kappa shape index (κ2) is 6.46. The largest absolute Gasteiger partial charge is 0.388 e. The molecule has 1 heterocycles. The monoisotopic (exact) mass is 266 g/mol. The molecule has 3 nitrogen and oxygen atoms in total. The van der Waals surface area contributed by atoms with Gasteiger partial charge in [-0.05, 0) is 39.5 Å². The molecule has 0 radical (unpaired) electrons. The van der Waals surface area contributed by atoms with Gasteiger partial charge in [0.2, 0.25) is 0 Å². The normalized spacial score (nSPS) is 22.1. The molecular formula is C15H23FN2O. The molecule has 1 aromatic rings. The van der Waals surface area contributed by atoms with Crippen LogP contribution in [0.15, 0.2) is 24.3 Å². The molecule has 1 saturated heterocycles. The van der Waals surface area contributed by atoms with E-state index < -0.39 is 6.10 Å². The van der Waals surface area contributed by atoms with Gasteiger partial charge in [0.15, 0.2) is 0 Å². The molecule has 1 aromatic carbocycles. The van der Waals surface area contributed by atoms with Gasteiger partial charge in [-0.3, -0.25) is 0 Å². The summed E-state index contributed by atoms with van der Waals surface area (Å²) in [5, 5.41) is 10.1. The fourth-order valence-corrected chi connectivity index (χ4v) is 2.64. The van der Waals surface area contributed by atoms with Crippen molar-refractivity contribution in [3.8, 4) is 0 Å². The van der Waals surface area contributed by atoms with Gasteiger partial charge in [-0.25, -0.2) is 4.39 Å². The number of aliphatic hydroxyl groups excluding tert-OH is 1. The molecule has 2 rings (SSSR count). The molecule has 1 N–H and O–H groups in total. The Hall–Kier alpha value is -0.970. The third kappa shape index (κ3) is 3.75. The van der Waals surface area contributed by atoms with Crippen LogP contribution in [0.4, 0.5) is 4.39 Å². The molecule has 2 atom stereocenters. The lowest BCUT2D eigenvalue weighted by atomic mass is 10.1. The first-order valence-electron chi connectivity index (χ1n) is 6.89. The van der Waals surface area contributed by atoms with Crippen LogP contribution >= 0.6 is 0 Å². The maximum Gasteiger partial charge on any atom is 0.128 e. The van der Waals surface area contributed by atoms with E-state index in [0.29, 0.717) is 18.0 Å². The predicted molar refractivity (Wildman–Crippen MR) is 74.5 cm³/mol. The quantitative estimate of drug-likeness (QED) is 0.881. The Morgan fingerprint density at radius 1 is 1.42 bits per heavy atom. The topological polar surface area (TPSA) is 26.7 Å². The van der Waals surface area contributed by atoms with Gasteiger partial charge in [-0.1, -0.05) is 18.2 Å². The Balaban J connectivity index is 1.82. The Labute approximate surface area is 114 Å². The number of benzene rings is 1. The third-order valence-electron chi connectivity index (χ3n) is 3.96. The molecule has 0 amide bonds. The average Bonchev–Trinajstić information content (AvgIpc) is 2.85. The van der Waals surface area contributed by atoms with Gasteiger partial charge < -0.3 is 14.9 Å². The van der Waals surface area contributed by atoms with Crippen LogP contribution in [0.5, 0.6) is 0 Å². The van der Waals surface area contributed by atoms with E-state index in [0.717, 1.165) is 19.6 Å². The minimum atomic E-state index is -0.709. The molecule has 0 saturated carbocycles. The van der Waals surface area contributed by atoms with Crippen LogP contribution in [0.25, 0.3) is 0 Å². The lowest BCUT2D eigenvalue weighted by Gasteiger charge is -2.21. The lowest BCUT2D eigenvalue weighted by Crippen LogP contribution is -2.32. The molecule has 19 heavy (non-hydrogen) atoms. The zero-order chi connectivity index (χ0) is 13.8. The zero-order valence-corrected chi connectivity index (χ0v) is 11.7. The molecule has 0 aliphatic carbocycles. The number of hydrogen-bond acceptors (Lipinski definition) is 3. The molecule has 0 bridgehead atoms. The highest BCUT2D eigenvalue weighted by molar-refractivity contribution is 5.19. The molecule has 2 unspecified atom stereocenters. The molecule has 0 aromatic heterocycles. The number of aliphatic hydroxyl groups is 1. The van der Waals surface area contributed by atoms with Crippen LogP contribution in [0, 0.1) is 5.82 Å². The van der Waals surface area contributed by atoms with Crippen molar-refractivity contribution in [1.29, 1.82) is 0 Å². The second-order valence-electron chi connectivity index (χ2n) is 5.53. The van der Waals surface area contributed by atoms with Crippen molar-refractivity contribution in [3.63, 3.8) is 0 Å². The van der Waals surface area contributed by atoms with E-state index in [2.05, 4.69) is 23.9 Å². The number of likely N-dealkylation sites (N-methyl/N-ethyl adjacent to an activating group) is 1. The van der Waals surface area contributed by atoms with Crippen molar-refractivity contribution in [3.05, 3.63) is 35.6 Å². The number of rotatable bonds is 5. The van der Waals surface area contributed by atoms with Crippen LogP contribution in [0.2, 0.25) is 0 Å². The Morgan fingerprint density at radius 2 is 2.16 bits per heavy atom. The lowest BCUT2D eigenvalue weighted by molar-refractivity contribution is 0.143. The molecule has 1 fully saturated rings. The minimum absolute atomic E-state index is 0.317. The van der Waals surface area contributed by atoms with Crippen molar-refractivity contribution >= 4 is 0 Å². The Kier molecular flexibility index (Phi) is 4.91.